The summed E-state index contributed by atoms with van der Waals surface area (Å²) in [5.74, 6) is 5.62. The fourth-order valence-corrected chi connectivity index (χ4v) is 1.19. The Kier molecular flexibility index (Phi) is 6.79. The van der Waals surface area contributed by atoms with E-state index in [9.17, 15) is 0 Å². The zero-order valence-corrected chi connectivity index (χ0v) is 10.3. The highest BCUT2D eigenvalue weighted by atomic mass is 15.4. The molecule has 0 saturated heterocycles. The van der Waals surface area contributed by atoms with Crippen LogP contribution < -0.4 is 21.9 Å². The number of nitrogens with one attached hydrogen (secondary N) is 1. The minimum atomic E-state index is 0.678. The van der Waals surface area contributed by atoms with Crippen LogP contribution >= 0.6 is 0 Å². The first-order valence-corrected chi connectivity index (χ1v) is 5.36. The topological polar surface area (TPSA) is 67.3 Å². The van der Waals surface area contributed by atoms with Gasteiger partial charge in [0.2, 0.25) is 0 Å². The monoisotopic (exact) mass is 222 g/mol. The maximum Gasteiger partial charge on any atom is 0.0746 e. The van der Waals surface area contributed by atoms with Gasteiger partial charge in [0.25, 0.3) is 0 Å². The highest BCUT2D eigenvalue weighted by molar-refractivity contribution is 5.67. The molecule has 0 saturated carbocycles. The fourth-order valence-electron chi connectivity index (χ4n) is 1.19. The van der Waals surface area contributed by atoms with Gasteiger partial charge in [-0.1, -0.05) is 26.5 Å². The van der Waals surface area contributed by atoms with E-state index in [-0.39, 0.29) is 0 Å². The first kappa shape index (κ1) is 14.3. The van der Waals surface area contributed by atoms with Gasteiger partial charge in [-0.3, -0.25) is 0 Å². The number of nitrogen functional groups attached to an aromatic ring is 1. The minimum Gasteiger partial charge on any atom is -0.397 e. The van der Waals surface area contributed by atoms with Crippen LogP contribution in [0.1, 0.15) is 19.4 Å². The highest BCUT2D eigenvalue weighted by Crippen LogP contribution is 2.21. The minimum absolute atomic E-state index is 0.678. The molecule has 1 aromatic rings. The molecule has 0 aliphatic rings. The van der Waals surface area contributed by atoms with E-state index in [2.05, 4.69) is 11.9 Å². The van der Waals surface area contributed by atoms with Crippen LogP contribution in [0.4, 0.5) is 11.4 Å². The zero-order chi connectivity index (χ0) is 12.6. The molecule has 0 radical (unpaired) electrons. The molecule has 5 N–H and O–H groups in total. The van der Waals surface area contributed by atoms with Crippen molar-refractivity contribution in [2.24, 2.45) is 5.84 Å². The Bertz CT molecular complexity index is 321. The summed E-state index contributed by atoms with van der Waals surface area (Å²) in [6.07, 6.45) is 1.65. The van der Waals surface area contributed by atoms with Gasteiger partial charge in [-0.05, 0) is 23.9 Å². The number of rotatable bonds is 4. The van der Waals surface area contributed by atoms with Crippen molar-refractivity contribution >= 4 is 11.4 Å². The van der Waals surface area contributed by atoms with E-state index in [0.717, 1.165) is 17.8 Å². The van der Waals surface area contributed by atoms with Crippen LogP contribution in [0.5, 0.6) is 0 Å². The quantitative estimate of drug-likeness (QED) is 0.413. The van der Waals surface area contributed by atoms with Crippen LogP contribution in [0.3, 0.4) is 0 Å². The Balaban J connectivity index is 0.00000106. The van der Waals surface area contributed by atoms with Crippen molar-refractivity contribution < 1.29 is 0 Å². The summed E-state index contributed by atoms with van der Waals surface area (Å²) < 4.78 is 0. The Hall–Kier alpha value is -1.68. The van der Waals surface area contributed by atoms with Crippen molar-refractivity contribution in [1.82, 2.24) is 5.32 Å². The molecule has 16 heavy (non-hydrogen) atoms. The summed E-state index contributed by atoms with van der Waals surface area (Å²) >= 11 is 0. The first-order valence-electron chi connectivity index (χ1n) is 5.36. The van der Waals surface area contributed by atoms with Gasteiger partial charge in [-0.15, -0.1) is 0 Å². The smallest absolute Gasteiger partial charge is 0.0746 e. The number of nitrogens with two attached hydrogens (primary N) is 2. The SMILES string of the molecule is C=CNCc1ccc(N)c(N(C)N)c1.CC. The Morgan fingerprint density at radius 2 is 2.06 bits per heavy atom. The fraction of sp³-hybridized carbons (Fsp3) is 0.333. The van der Waals surface area contributed by atoms with Crippen LogP contribution in [0, 0.1) is 0 Å². The molecule has 0 bridgehead atoms. The molecular weight excluding hydrogens is 200 g/mol. The van der Waals surface area contributed by atoms with Crippen molar-refractivity contribution in [2.45, 2.75) is 20.4 Å². The standard InChI is InChI=1S/C10H16N4.C2H6/c1-3-13-7-8-4-5-9(11)10(6-8)14(2)12;1-2/h3-6,13H,1,7,11-12H2,2H3;1-2H3. The molecular formula is C12H22N4. The van der Waals surface area contributed by atoms with Crippen molar-refractivity contribution in [3.63, 3.8) is 0 Å². The second kappa shape index (κ2) is 7.59. The lowest BCUT2D eigenvalue weighted by Gasteiger charge is -2.15. The van der Waals surface area contributed by atoms with Gasteiger partial charge in [0.1, 0.15) is 0 Å². The Morgan fingerprint density at radius 1 is 1.44 bits per heavy atom. The molecule has 0 aliphatic heterocycles. The van der Waals surface area contributed by atoms with Gasteiger partial charge in [-0.2, -0.15) is 0 Å². The van der Waals surface area contributed by atoms with E-state index < -0.39 is 0 Å². The summed E-state index contributed by atoms with van der Waals surface area (Å²) in [4.78, 5) is 0. The molecule has 1 rings (SSSR count). The van der Waals surface area contributed by atoms with E-state index in [1.807, 2.05) is 32.0 Å². The van der Waals surface area contributed by atoms with Crippen molar-refractivity contribution in [2.75, 3.05) is 17.8 Å². The predicted molar refractivity (Wildman–Crippen MR) is 71.8 cm³/mol. The number of benzene rings is 1. The molecule has 0 amide bonds. The summed E-state index contributed by atoms with van der Waals surface area (Å²) in [6.45, 7) is 8.31. The summed E-state index contributed by atoms with van der Waals surface area (Å²) in [5.41, 5.74) is 8.38. The highest BCUT2D eigenvalue weighted by Gasteiger charge is 2.02. The summed E-state index contributed by atoms with van der Waals surface area (Å²) in [5, 5.41) is 4.52. The second-order valence-corrected chi connectivity index (χ2v) is 3.09. The molecule has 0 spiro atoms. The summed E-state index contributed by atoms with van der Waals surface area (Å²) in [7, 11) is 1.76. The van der Waals surface area contributed by atoms with E-state index >= 15 is 0 Å². The predicted octanol–water partition coefficient (Wildman–Crippen LogP) is 1.84. The average molecular weight is 222 g/mol. The lowest BCUT2D eigenvalue weighted by atomic mass is 10.1. The van der Waals surface area contributed by atoms with Crippen LogP contribution in [0.2, 0.25) is 0 Å². The number of hydrogen-bond acceptors (Lipinski definition) is 4. The van der Waals surface area contributed by atoms with Gasteiger partial charge in [0, 0.05) is 13.6 Å². The summed E-state index contributed by atoms with van der Waals surface area (Å²) in [6, 6.07) is 5.75. The van der Waals surface area contributed by atoms with Crippen LogP contribution in [0.25, 0.3) is 0 Å². The number of hydrazine groups is 1. The van der Waals surface area contributed by atoms with Gasteiger partial charge >= 0.3 is 0 Å². The average Bonchev–Trinajstić information content (AvgIpc) is 2.30. The number of nitrogens with zero attached hydrogens (tertiary/aromatic N) is 1. The van der Waals surface area contributed by atoms with Gasteiger partial charge < -0.3 is 16.1 Å². The molecule has 90 valence electrons. The largest absolute Gasteiger partial charge is 0.397 e. The Labute approximate surface area is 97.9 Å². The van der Waals surface area contributed by atoms with Gasteiger partial charge in [0.05, 0.1) is 11.4 Å². The molecule has 0 aromatic heterocycles. The Morgan fingerprint density at radius 3 is 2.56 bits per heavy atom. The van der Waals surface area contributed by atoms with Crippen molar-refractivity contribution in [3.05, 3.63) is 36.5 Å². The van der Waals surface area contributed by atoms with Crippen molar-refractivity contribution in [3.8, 4) is 0 Å². The number of anilines is 2. The molecule has 0 unspecified atom stereocenters. The van der Waals surface area contributed by atoms with E-state index in [1.54, 1.807) is 13.2 Å². The zero-order valence-electron chi connectivity index (χ0n) is 10.3. The third-order valence-corrected chi connectivity index (χ3v) is 1.93. The van der Waals surface area contributed by atoms with Crippen LogP contribution in [-0.2, 0) is 6.54 Å². The second-order valence-electron chi connectivity index (χ2n) is 3.09. The van der Waals surface area contributed by atoms with Gasteiger partial charge in [-0.25, -0.2) is 5.84 Å². The van der Waals surface area contributed by atoms with E-state index in [4.69, 9.17) is 11.6 Å². The normalized spacial score (nSPS) is 8.75. The number of hydrogen-bond donors (Lipinski definition) is 3. The first-order chi connectivity index (χ1) is 7.65. The third kappa shape index (κ3) is 4.23. The van der Waals surface area contributed by atoms with E-state index in [1.165, 1.54) is 5.01 Å². The molecule has 0 atom stereocenters. The lowest BCUT2D eigenvalue weighted by molar-refractivity contribution is 0.870. The molecule has 4 heteroatoms. The molecule has 0 heterocycles. The molecule has 1 aromatic carbocycles. The lowest BCUT2D eigenvalue weighted by Crippen LogP contribution is -2.26. The maximum atomic E-state index is 5.76. The van der Waals surface area contributed by atoms with Crippen molar-refractivity contribution in [1.29, 1.82) is 0 Å². The third-order valence-electron chi connectivity index (χ3n) is 1.93. The van der Waals surface area contributed by atoms with E-state index in [0.29, 0.717) is 5.69 Å². The maximum absolute atomic E-state index is 5.76. The molecule has 4 nitrogen and oxygen atoms in total. The molecule has 0 aliphatic carbocycles. The molecule has 0 fully saturated rings. The van der Waals surface area contributed by atoms with Gasteiger partial charge in [0.15, 0.2) is 0 Å². The van der Waals surface area contributed by atoms with Crippen LogP contribution in [-0.4, -0.2) is 7.05 Å². The van der Waals surface area contributed by atoms with Crippen LogP contribution in [0.15, 0.2) is 31.0 Å².